The van der Waals surface area contributed by atoms with Crippen LogP contribution in [0, 0.1) is 0 Å². The number of nitrogens with zero attached hydrogens (tertiary/aromatic N) is 1. The maximum atomic E-state index is 11.6. The fraction of sp³-hybridized carbons (Fsp3) is 0.667. The number of carbonyl (C=O) groups is 1. The minimum absolute atomic E-state index is 0.0661. The number of phosphoric acid groups is 1. The molecule has 8 heteroatoms. The first-order valence-corrected chi connectivity index (χ1v) is 8.96. The molecule has 0 rings (SSSR count). The highest BCUT2D eigenvalue weighted by atomic mass is 31.2. The van der Waals surface area contributed by atoms with Crippen molar-refractivity contribution in [3.63, 3.8) is 0 Å². The van der Waals surface area contributed by atoms with Crippen LogP contribution in [0.1, 0.15) is 19.8 Å². The molecule has 0 radical (unpaired) electrons. The Bertz CT molecular complexity index is 449. The van der Waals surface area contributed by atoms with Crippen molar-refractivity contribution in [2.75, 3.05) is 47.0 Å². The summed E-state index contributed by atoms with van der Waals surface area (Å²) in [5.74, 6) is -0.422. The van der Waals surface area contributed by atoms with Crippen LogP contribution in [0.5, 0.6) is 0 Å². The Hall–Kier alpha value is -0.980. The zero-order valence-corrected chi connectivity index (χ0v) is 15.2. The average molecular weight is 350 g/mol. The lowest BCUT2D eigenvalue weighted by molar-refractivity contribution is -0.890. The number of allylic oxidation sites excluding steroid dienone is 1. The van der Waals surface area contributed by atoms with Crippen molar-refractivity contribution in [2.24, 2.45) is 0 Å². The average Bonchev–Trinajstić information content (AvgIpc) is 2.42. The predicted molar refractivity (Wildman–Crippen MR) is 88.8 cm³/mol. The monoisotopic (exact) mass is 350 g/mol. The largest absolute Gasteiger partial charge is 0.472 e. The van der Waals surface area contributed by atoms with Crippen molar-refractivity contribution < 1.29 is 32.5 Å². The molecule has 1 atom stereocenters. The van der Waals surface area contributed by atoms with Crippen LogP contribution < -0.4 is 0 Å². The molecule has 7 nitrogen and oxygen atoms in total. The SMILES string of the molecule is C=CCCCOP(=O)(O)OCC[N+](C)(C)CCOC(=O)C(=C)C. The van der Waals surface area contributed by atoms with Gasteiger partial charge < -0.3 is 14.1 Å². The first kappa shape index (κ1) is 22.0. The normalized spacial score (nSPS) is 14.1. The van der Waals surface area contributed by atoms with E-state index in [1.54, 1.807) is 13.0 Å². The van der Waals surface area contributed by atoms with Gasteiger partial charge >= 0.3 is 13.8 Å². The number of likely N-dealkylation sites (N-methyl/N-ethyl adjacent to an activating group) is 1. The van der Waals surface area contributed by atoms with Gasteiger partial charge in [0.2, 0.25) is 0 Å². The minimum atomic E-state index is -4.01. The third kappa shape index (κ3) is 12.1. The molecule has 0 spiro atoms. The Morgan fingerprint density at radius 1 is 1.22 bits per heavy atom. The van der Waals surface area contributed by atoms with Crippen molar-refractivity contribution >= 4 is 13.8 Å². The second-order valence-electron chi connectivity index (χ2n) is 5.87. The number of phosphoric ester groups is 1. The Kier molecular flexibility index (Phi) is 10.3. The van der Waals surface area contributed by atoms with Crippen LogP contribution in [-0.4, -0.2) is 62.4 Å². The molecule has 1 N–H and O–H groups in total. The first-order chi connectivity index (χ1) is 10.6. The van der Waals surface area contributed by atoms with Gasteiger partial charge in [0.15, 0.2) is 0 Å². The van der Waals surface area contributed by atoms with Gasteiger partial charge in [-0.2, -0.15) is 0 Å². The van der Waals surface area contributed by atoms with Gasteiger partial charge in [0.25, 0.3) is 0 Å². The summed E-state index contributed by atoms with van der Waals surface area (Å²) in [6.07, 6.45) is 3.05. The summed E-state index contributed by atoms with van der Waals surface area (Å²) >= 11 is 0. The van der Waals surface area contributed by atoms with Crippen LogP contribution in [0.15, 0.2) is 24.8 Å². The summed E-state index contributed by atoms with van der Waals surface area (Å²) < 4.78 is 26.9. The molecule has 0 saturated carbocycles. The van der Waals surface area contributed by atoms with Gasteiger partial charge in [-0.3, -0.25) is 9.05 Å². The molecule has 0 aromatic rings. The molecule has 0 saturated heterocycles. The molecule has 134 valence electrons. The van der Waals surface area contributed by atoms with Gasteiger partial charge in [-0.05, 0) is 19.8 Å². The van der Waals surface area contributed by atoms with Gasteiger partial charge in [0, 0.05) is 5.57 Å². The van der Waals surface area contributed by atoms with E-state index in [1.165, 1.54) is 0 Å². The molecular formula is C15H29NO6P+. The lowest BCUT2D eigenvalue weighted by Crippen LogP contribution is -2.44. The number of unbranched alkanes of at least 4 members (excludes halogenated alkanes) is 1. The summed E-state index contributed by atoms with van der Waals surface area (Å²) in [4.78, 5) is 20.8. The maximum Gasteiger partial charge on any atom is 0.472 e. The molecule has 0 amide bonds. The standard InChI is InChI=1S/C15H28NO6P/c1-6-7-8-11-21-23(18,19)22-13-10-16(4,5)9-12-20-15(17)14(2)3/h6H,1-2,7-13H2,3-5H3/p+1. The summed E-state index contributed by atoms with van der Waals surface area (Å²) in [6.45, 7) is 10.1. The highest BCUT2D eigenvalue weighted by Gasteiger charge is 2.23. The molecule has 0 bridgehead atoms. The van der Waals surface area contributed by atoms with E-state index in [1.807, 2.05) is 14.1 Å². The van der Waals surface area contributed by atoms with Crippen LogP contribution in [0.25, 0.3) is 0 Å². The molecular weight excluding hydrogens is 321 g/mol. The summed E-state index contributed by atoms with van der Waals surface area (Å²) in [6, 6.07) is 0. The van der Waals surface area contributed by atoms with Crippen LogP contribution in [0.2, 0.25) is 0 Å². The topological polar surface area (TPSA) is 82.1 Å². The Morgan fingerprint density at radius 2 is 1.78 bits per heavy atom. The van der Waals surface area contributed by atoms with Crippen molar-refractivity contribution in [3.05, 3.63) is 24.8 Å². The smallest absolute Gasteiger partial charge is 0.456 e. The second-order valence-corrected chi connectivity index (χ2v) is 7.32. The van der Waals surface area contributed by atoms with Crippen LogP contribution in [0.3, 0.4) is 0 Å². The Balaban J connectivity index is 3.98. The molecule has 0 heterocycles. The highest BCUT2D eigenvalue weighted by molar-refractivity contribution is 7.47. The first-order valence-electron chi connectivity index (χ1n) is 7.47. The molecule has 0 aliphatic carbocycles. The van der Waals surface area contributed by atoms with E-state index in [0.29, 0.717) is 36.0 Å². The van der Waals surface area contributed by atoms with E-state index < -0.39 is 13.8 Å². The lowest BCUT2D eigenvalue weighted by Gasteiger charge is -2.29. The van der Waals surface area contributed by atoms with Gasteiger partial charge in [-0.1, -0.05) is 12.7 Å². The maximum absolute atomic E-state index is 11.6. The van der Waals surface area contributed by atoms with Gasteiger partial charge in [0.05, 0.1) is 20.7 Å². The molecule has 0 aromatic carbocycles. The number of hydrogen-bond acceptors (Lipinski definition) is 5. The lowest BCUT2D eigenvalue weighted by atomic mass is 10.3. The fourth-order valence-electron chi connectivity index (χ4n) is 1.47. The predicted octanol–water partition coefficient (Wildman–Crippen LogP) is 2.28. The van der Waals surface area contributed by atoms with Crippen molar-refractivity contribution in [1.29, 1.82) is 0 Å². The van der Waals surface area contributed by atoms with Crippen molar-refractivity contribution in [1.82, 2.24) is 0 Å². The van der Waals surface area contributed by atoms with E-state index in [4.69, 9.17) is 13.8 Å². The van der Waals surface area contributed by atoms with E-state index >= 15 is 0 Å². The number of ether oxygens (including phenoxy) is 1. The number of carbonyl (C=O) groups excluding carboxylic acids is 1. The number of rotatable bonds is 13. The number of hydrogen-bond donors (Lipinski definition) is 1. The van der Waals surface area contributed by atoms with Gasteiger partial charge in [0.1, 0.15) is 26.3 Å². The van der Waals surface area contributed by atoms with Crippen LogP contribution >= 0.6 is 7.82 Å². The summed E-state index contributed by atoms with van der Waals surface area (Å²) in [7, 11) is -0.199. The van der Waals surface area contributed by atoms with Gasteiger partial charge in [-0.25, -0.2) is 9.36 Å². The molecule has 0 aromatic heterocycles. The van der Waals surface area contributed by atoms with E-state index in [9.17, 15) is 14.3 Å². The number of quaternary nitrogens is 1. The van der Waals surface area contributed by atoms with Crippen LogP contribution in [0.4, 0.5) is 0 Å². The second kappa shape index (κ2) is 10.7. The molecule has 23 heavy (non-hydrogen) atoms. The highest BCUT2D eigenvalue weighted by Crippen LogP contribution is 2.43. The third-order valence-electron chi connectivity index (χ3n) is 3.04. The zero-order chi connectivity index (χ0) is 17.9. The summed E-state index contributed by atoms with van der Waals surface area (Å²) in [5, 5.41) is 0. The summed E-state index contributed by atoms with van der Waals surface area (Å²) in [5.41, 5.74) is 0.355. The van der Waals surface area contributed by atoms with Crippen molar-refractivity contribution in [2.45, 2.75) is 19.8 Å². The Morgan fingerprint density at radius 3 is 2.35 bits per heavy atom. The van der Waals surface area contributed by atoms with Crippen LogP contribution in [-0.2, 0) is 23.1 Å². The molecule has 1 unspecified atom stereocenters. The van der Waals surface area contributed by atoms with E-state index in [2.05, 4.69) is 13.2 Å². The molecule has 0 aliphatic rings. The fourth-order valence-corrected chi connectivity index (χ4v) is 2.22. The quantitative estimate of drug-likeness (QED) is 0.137. The molecule has 0 aliphatic heterocycles. The third-order valence-corrected chi connectivity index (χ3v) is 4.05. The molecule has 0 fully saturated rings. The number of esters is 1. The van der Waals surface area contributed by atoms with E-state index in [0.717, 1.165) is 0 Å². The van der Waals surface area contributed by atoms with Gasteiger partial charge in [-0.15, -0.1) is 6.58 Å². The minimum Gasteiger partial charge on any atom is -0.456 e. The zero-order valence-electron chi connectivity index (χ0n) is 14.3. The van der Waals surface area contributed by atoms with E-state index in [-0.39, 0.29) is 19.8 Å². The Labute approximate surface area is 138 Å². The van der Waals surface area contributed by atoms with Crippen molar-refractivity contribution in [3.8, 4) is 0 Å².